The van der Waals surface area contributed by atoms with Crippen molar-refractivity contribution in [3.63, 3.8) is 0 Å². The van der Waals surface area contributed by atoms with Crippen molar-refractivity contribution in [2.75, 3.05) is 24.3 Å². The molecular weight excluding hydrogens is 367 g/mol. The summed E-state index contributed by atoms with van der Waals surface area (Å²) in [5.41, 5.74) is 0.313. The summed E-state index contributed by atoms with van der Waals surface area (Å²) in [6.07, 6.45) is -4.28. The first-order valence-corrected chi connectivity index (χ1v) is 8.80. The number of ether oxygens (including phenoxy) is 2. The van der Waals surface area contributed by atoms with Gasteiger partial charge in [-0.2, -0.15) is 13.2 Å². The minimum absolute atomic E-state index is 0.289. The van der Waals surface area contributed by atoms with E-state index in [1.54, 1.807) is 42.5 Å². The van der Waals surface area contributed by atoms with Gasteiger partial charge in [-0.25, -0.2) is 0 Å². The second-order valence-electron chi connectivity index (χ2n) is 5.12. The molecule has 2 aromatic carbocycles. The Morgan fingerprint density at radius 3 is 2.31 bits per heavy atom. The van der Waals surface area contributed by atoms with E-state index in [-0.39, 0.29) is 6.61 Å². The van der Waals surface area contributed by atoms with Gasteiger partial charge in [0, 0.05) is 4.90 Å². The number of hydrogen-bond acceptors (Lipinski definition) is 4. The largest absolute Gasteiger partial charge is 0.490 e. The Bertz CT molecular complexity index is 738. The van der Waals surface area contributed by atoms with Gasteiger partial charge in [-0.15, -0.1) is 11.8 Å². The van der Waals surface area contributed by atoms with Crippen LogP contribution in [0.1, 0.15) is 6.92 Å². The average molecular weight is 385 g/mol. The van der Waals surface area contributed by atoms with E-state index >= 15 is 0 Å². The summed E-state index contributed by atoms with van der Waals surface area (Å²) in [7, 11) is 0. The second kappa shape index (κ2) is 9.38. The molecule has 4 nitrogen and oxygen atoms in total. The van der Waals surface area contributed by atoms with Gasteiger partial charge in [-0.05, 0) is 31.2 Å². The maximum atomic E-state index is 12.4. The van der Waals surface area contributed by atoms with E-state index in [0.717, 1.165) is 0 Å². The Hall–Kier alpha value is -2.35. The normalized spacial score (nSPS) is 11.1. The molecule has 0 aliphatic carbocycles. The Balaban J connectivity index is 1.96. The molecule has 0 unspecified atom stereocenters. The summed E-state index contributed by atoms with van der Waals surface area (Å²) in [5.74, 6) is -0.567. The lowest BCUT2D eigenvalue weighted by Crippen LogP contribution is -2.21. The molecule has 26 heavy (non-hydrogen) atoms. The van der Waals surface area contributed by atoms with Crippen molar-refractivity contribution in [1.82, 2.24) is 0 Å². The maximum Gasteiger partial charge on any atom is 0.398 e. The van der Waals surface area contributed by atoms with Gasteiger partial charge in [0.05, 0.1) is 18.0 Å². The van der Waals surface area contributed by atoms with E-state index in [1.165, 1.54) is 6.07 Å². The lowest BCUT2D eigenvalue weighted by molar-refractivity contribution is -0.118. The van der Waals surface area contributed by atoms with Gasteiger partial charge in [0.25, 0.3) is 5.91 Å². The minimum atomic E-state index is -4.28. The van der Waals surface area contributed by atoms with Gasteiger partial charge in [-0.1, -0.05) is 24.3 Å². The summed E-state index contributed by atoms with van der Waals surface area (Å²) in [4.78, 5) is 12.4. The number of anilines is 1. The van der Waals surface area contributed by atoms with Crippen LogP contribution in [0.15, 0.2) is 53.4 Å². The average Bonchev–Trinajstić information content (AvgIpc) is 2.60. The number of halogens is 3. The topological polar surface area (TPSA) is 47.6 Å². The molecule has 0 radical (unpaired) electrons. The van der Waals surface area contributed by atoms with Crippen LogP contribution in [-0.2, 0) is 4.79 Å². The molecule has 140 valence electrons. The number of para-hydroxylation sites is 3. The first kappa shape index (κ1) is 20.0. The van der Waals surface area contributed by atoms with Crippen LogP contribution in [0.3, 0.4) is 0 Å². The van der Waals surface area contributed by atoms with Crippen LogP contribution >= 0.6 is 11.8 Å². The summed E-state index contributed by atoms with van der Waals surface area (Å²) < 4.78 is 48.1. The number of carbonyl (C=O) groups is 1. The van der Waals surface area contributed by atoms with Crippen molar-refractivity contribution in [3.8, 4) is 11.5 Å². The molecule has 0 spiro atoms. The van der Waals surface area contributed by atoms with E-state index < -0.39 is 17.8 Å². The van der Waals surface area contributed by atoms with Crippen molar-refractivity contribution in [1.29, 1.82) is 0 Å². The minimum Gasteiger partial charge on any atom is -0.490 e. The Kier molecular flexibility index (Phi) is 7.20. The number of carbonyl (C=O) groups excluding carboxylic acids is 1. The zero-order valence-electron chi connectivity index (χ0n) is 14.0. The molecule has 2 rings (SSSR count). The Morgan fingerprint density at radius 1 is 1.04 bits per heavy atom. The van der Waals surface area contributed by atoms with Crippen molar-refractivity contribution in [2.24, 2.45) is 0 Å². The predicted octanol–water partition coefficient (Wildman–Crippen LogP) is 4.76. The monoisotopic (exact) mass is 385 g/mol. The van der Waals surface area contributed by atoms with Crippen molar-refractivity contribution in [3.05, 3.63) is 48.5 Å². The SMILES string of the molecule is CCOc1ccccc1OCC(=O)Nc1ccccc1SCC(F)(F)F. The van der Waals surface area contributed by atoms with E-state index in [4.69, 9.17) is 9.47 Å². The highest BCUT2D eigenvalue weighted by Crippen LogP contribution is 2.32. The molecule has 0 bridgehead atoms. The van der Waals surface area contributed by atoms with Gasteiger partial charge in [0.2, 0.25) is 0 Å². The van der Waals surface area contributed by atoms with Crippen molar-refractivity contribution < 1.29 is 27.4 Å². The number of nitrogens with one attached hydrogen (secondary N) is 1. The third-order valence-electron chi connectivity index (χ3n) is 3.06. The quantitative estimate of drug-likeness (QED) is 0.666. The highest BCUT2D eigenvalue weighted by Gasteiger charge is 2.27. The third kappa shape index (κ3) is 6.51. The zero-order chi connectivity index (χ0) is 19.0. The van der Waals surface area contributed by atoms with Gasteiger partial charge in [-0.3, -0.25) is 4.79 Å². The lowest BCUT2D eigenvalue weighted by atomic mass is 10.3. The number of rotatable bonds is 8. The Morgan fingerprint density at radius 2 is 1.65 bits per heavy atom. The summed E-state index contributed by atoms with van der Waals surface area (Å²) in [6, 6.07) is 13.2. The zero-order valence-corrected chi connectivity index (χ0v) is 14.8. The second-order valence-corrected chi connectivity index (χ2v) is 6.13. The Labute approximate surface area is 153 Å². The molecule has 0 saturated heterocycles. The molecule has 0 aromatic heterocycles. The van der Waals surface area contributed by atoms with Crippen LogP contribution in [0, 0.1) is 0 Å². The predicted molar refractivity (Wildman–Crippen MR) is 95.0 cm³/mol. The van der Waals surface area contributed by atoms with Crippen molar-refractivity contribution in [2.45, 2.75) is 18.0 Å². The highest BCUT2D eigenvalue weighted by atomic mass is 32.2. The highest BCUT2D eigenvalue weighted by molar-refractivity contribution is 7.99. The van der Waals surface area contributed by atoms with E-state index in [9.17, 15) is 18.0 Å². The fourth-order valence-electron chi connectivity index (χ4n) is 2.03. The summed E-state index contributed by atoms with van der Waals surface area (Å²) >= 11 is 0.619. The molecule has 2 aromatic rings. The number of hydrogen-bond donors (Lipinski definition) is 1. The maximum absolute atomic E-state index is 12.4. The van der Waals surface area contributed by atoms with E-state index in [2.05, 4.69) is 5.32 Å². The smallest absolute Gasteiger partial charge is 0.398 e. The van der Waals surface area contributed by atoms with E-state index in [1.807, 2.05) is 6.92 Å². The number of benzene rings is 2. The molecular formula is C18H18F3NO3S. The van der Waals surface area contributed by atoms with Gasteiger partial charge in [0.1, 0.15) is 0 Å². The standard InChI is InChI=1S/C18H18F3NO3S/c1-2-24-14-8-4-5-9-15(14)25-11-17(23)22-13-7-3-6-10-16(13)26-12-18(19,20)21/h3-10H,2,11-12H2,1H3,(H,22,23). The molecule has 1 N–H and O–H groups in total. The number of thioether (sulfide) groups is 1. The van der Waals surface area contributed by atoms with Crippen LogP contribution in [0.25, 0.3) is 0 Å². The lowest BCUT2D eigenvalue weighted by Gasteiger charge is -2.13. The van der Waals surface area contributed by atoms with Gasteiger partial charge < -0.3 is 14.8 Å². The van der Waals surface area contributed by atoms with Gasteiger partial charge in [0.15, 0.2) is 18.1 Å². The molecule has 0 atom stereocenters. The molecule has 0 aliphatic rings. The first-order chi connectivity index (χ1) is 12.4. The molecule has 0 fully saturated rings. The first-order valence-electron chi connectivity index (χ1n) is 7.82. The fourth-order valence-corrected chi connectivity index (χ4v) is 2.80. The summed E-state index contributed by atoms with van der Waals surface area (Å²) in [5, 5.41) is 2.58. The summed E-state index contributed by atoms with van der Waals surface area (Å²) in [6.45, 7) is 2.00. The van der Waals surface area contributed by atoms with Crippen LogP contribution < -0.4 is 14.8 Å². The molecule has 0 saturated carbocycles. The fraction of sp³-hybridized carbons (Fsp3) is 0.278. The molecule has 0 heterocycles. The molecule has 1 amide bonds. The van der Waals surface area contributed by atoms with Crippen LogP contribution in [0.5, 0.6) is 11.5 Å². The van der Waals surface area contributed by atoms with E-state index in [0.29, 0.717) is 40.5 Å². The van der Waals surface area contributed by atoms with Crippen LogP contribution in [0.2, 0.25) is 0 Å². The van der Waals surface area contributed by atoms with Crippen molar-refractivity contribution >= 4 is 23.4 Å². The van der Waals surface area contributed by atoms with Crippen LogP contribution in [0.4, 0.5) is 18.9 Å². The number of amides is 1. The molecule has 8 heteroatoms. The number of alkyl halides is 3. The van der Waals surface area contributed by atoms with Crippen LogP contribution in [-0.4, -0.2) is 31.1 Å². The molecule has 0 aliphatic heterocycles. The third-order valence-corrected chi connectivity index (χ3v) is 4.20. The van der Waals surface area contributed by atoms with Gasteiger partial charge >= 0.3 is 6.18 Å².